The molecule has 0 amide bonds. The topological polar surface area (TPSA) is 95.6 Å². The minimum absolute atomic E-state index is 0.181. The van der Waals surface area contributed by atoms with Crippen molar-refractivity contribution in [1.29, 1.82) is 0 Å². The number of hydrogen-bond donors (Lipinski definition) is 0. The van der Waals surface area contributed by atoms with Crippen LogP contribution in [0.5, 0.6) is 5.75 Å². The van der Waals surface area contributed by atoms with Crippen LogP contribution < -0.4 is 10.4 Å². The van der Waals surface area contributed by atoms with Gasteiger partial charge in [-0.2, -0.15) is 17.9 Å². The van der Waals surface area contributed by atoms with E-state index in [0.717, 1.165) is 36.5 Å². The first-order chi connectivity index (χ1) is 16.7. The third-order valence-electron chi connectivity index (χ3n) is 5.01. The highest BCUT2D eigenvalue weighted by Crippen LogP contribution is 2.30. The van der Waals surface area contributed by atoms with Gasteiger partial charge >= 0.3 is 18.2 Å². The molecular formula is C21H14F6N4O4S. The minimum Gasteiger partial charge on any atom is -0.406 e. The summed E-state index contributed by atoms with van der Waals surface area (Å²) in [6, 6.07) is 7.36. The summed E-state index contributed by atoms with van der Waals surface area (Å²) in [6.45, 7) is 1.33. The molecule has 36 heavy (non-hydrogen) atoms. The first kappa shape index (κ1) is 25.2. The molecule has 1 aromatic carbocycles. The van der Waals surface area contributed by atoms with Crippen molar-refractivity contribution in [2.45, 2.75) is 24.4 Å². The highest BCUT2D eigenvalue weighted by atomic mass is 32.2. The average Bonchev–Trinajstić information content (AvgIpc) is 3.13. The van der Waals surface area contributed by atoms with E-state index in [0.29, 0.717) is 15.3 Å². The van der Waals surface area contributed by atoms with E-state index < -0.39 is 55.8 Å². The Kier molecular flexibility index (Phi) is 6.06. The molecule has 0 spiro atoms. The molecule has 0 unspecified atom stereocenters. The van der Waals surface area contributed by atoms with Crippen molar-refractivity contribution in [1.82, 2.24) is 19.2 Å². The molecule has 4 aromatic rings. The van der Waals surface area contributed by atoms with E-state index in [-0.39, 0.29) is 16.8 Å². The molecule has 0 saturated carbocycles. The highest BCUT2D eigenvalue weighted by Gasteiger charge is 2.32. The van der Waals surface area contributed by atoms with Gasteiger partial charge in [0, 0.05) is 18.0 Å². The molecule has 15 heteroatoms. The molecule has 190 valence electrons. The lowest BCUT2D eigenvalue weighted by Crippen LogP contribution is -2.23. The summed E-state index contributed by atoms with van der Waals surface area (Å²) >= 11 is 0. The number of benzene rings is 1. The van der Waals surface area contributed by atoms with Crippen LogP contribution in [0.2, 0.25) is 0 Å². The van der Waals surface area contributed by atoms with Gasteiger partial charge in [-0.1, -0.05) is 19.1 Å². The fourth-order valence-electron chi connectivity index (χ4n) is 3.27. The molecule has 3 aromatic heterocycles. The molecule has 3 heterocycles. The Balaban J connectivity index is 1.85. The van der Waals surface area contributed by atoms with Crippen molar-refractivity contribution in [3.05, 3.63) is 70.9 Å². The van der Waals surface area contributed by atoms with Crippen molar-refractivity contribution in [2.75, 3.05) is 5.75 Å². The van der Waals surface area contributed by atoms with Crippen LogP contribution >= 0.6 is 0 Å². The standard InChI is InChI=1S/C21H14F6N4O4S/c1-2-36(33,34)16-9-13(12-3-6-15(7-4-12)35-21(25,26)27)10-28-18(16)31-19(32)30-11-14(20(22,23)24)5-8-17(30)29-31/h3-11H,2H2,1H3. The molecular weight excluding hydrogens is 518 g/mol. The lowest BCUT2D eigenvalue weighted by Gasteiger charge is -2.11. The summed E-state index contributed by atoms with van der Waals surface area (Å²) in [5.74, 6) is -1.35. The average molecular weight is 532 g/mol. The zero-order valence-electron chi connectivity index (χ0n) is 18.0. The second-order valence-electron chi connectivity index (χ2n) is 7.36. The molecule has 0 atom stereocenters. The third kappa shape index (κ3) is 4.91. The Morgan fingerprint density at radius 2 is 1.64 bits per heavy atom. The van der Waals surface area contributed by atoms with Gasteiger partial charge in [-0.05, 0) is 35.9 Å². The third-order valence-corrected chi connectivity index (χ3v) is 6.74. The lowest BCUT2D eigenvalue weighted by atomic mass is 10.1. The van der Waals surface area contributed by atoms with Crippen molar-refractivity contribution in [3.63, 3.8) is 0 Å². The van der Waals surface area contributed by atoms with Gasteiger partial charge in [0.25, 0.3) is 0 Å². The second kappa shape index (κ2) is 8.65. The number of nitrogens with zero attached hydrogens (tertiary/aromatic N) is 4. The Morgan fingerprint density at radius 1 is 0.972 bits per heavy atom. The van der Waals surface area contributed by atoms with Crippen LogP contribution in [-0.4, -0.2) is 39.7 Å². The summed E-state index contributed by atoms with van der Waals surface area (Å²) in [7, 11) is -4.05. The van der Waals surface area contributed by atoms with Crippen molar-refractivity contribution >= 4 is 15.5 Å². The van der Waals surface area contributed by atoms with Crippen LogP contribution in [0.25, 0.3) is 22.6 Å². The summed E-state index contributed by atoms with van der Waals surface area (Å²) in [5.41, 5.74) is -1.91. The minimum atomic E-state index is -4.89. The van der Waals surface area contributed by atoms with Crippen LogP contribution in [0.3, 0.4) is 0 Å². The number of ether oxygens (including phenoxy) is 1. The number of sulfone groups is 1. The molecule has 0 saturated heterocycles. The largest absolute Gasteiger partial charge is 0.573 e. The molecule has 0 radical (unpaired) electrons. The number of fused-ring (bicyclic) bond motifs is 1. The maximum atomic E-state index is 13.1. The van der Waals surface area contributed by atoms with Gasteiger partial charge in [0.05, 0.1) is 11.3 Å². The number of hydrogen-bond acceptors (Lipinski definition) is 6. The number of halogens is 6. The first-order valence-corrected chi connectivity index (χ1v) is 11.6. The van der Waals surface area contributed by atoms with Gasteiger partial charge in [0.2, 0.25) is 0 Å². The van der Waals surface area contributed by atoms with E-state index in [1.807, 2.05) is 0 Å². The Morgan fingerprint density at radius 3 is 2.22 bits per heavy atom. The normalized spacial score (nSPS) is 12.8. The molecule has 0 aliphatic heterocycles. The van der Waals surface area contributed by atoms with Gasteiger partial charge in [-0.25, -0.2) is 22.6 Å². The van der Waals surface area contributed by atoms with Gasteiger partial charge in [-0.3, -0.25) is 0 Å². The van der Waals surface area contributed by atoms with Crippen molar-refractivity contribution in [2.24, 2.45) is 0 Å². The first-order valence-electron chi connectivity index (χ1n) is 9.97. The van der Waals surface area contributed by atoms with E-state index in [4.69, 9.17) is 0 Å². The fraction of sp³-hybridized carbons (Fsp3) is 0.190. The molecule has 8 nitrogen and oxygen atoms in total. The van der Waals surface area contributed by atoms with E-state index in [9.17, 15) is 39.6 Å². The van der Waals surface area contributed by atoms with E-state index >= 15 is 0 Å². The highest BCUT2D eigenvalue weighted by molar-refractivity contribution is 7.91. The summed E-state index contributed by atoms with van der Waals surface area (Å²) in [6.07, 6.45) is -7.93. The van der Waals surface area contributed by atoms with E-state index in [2.05, 4.69) is 14.8 Å². The quantitative estimate of drug-likeness (QED) is 0.357. The summed E-state index contributed by atoms with van der Waals surface area (Å²) in [5, 5.41) is 3.91. The van der Waals surface area contributed by atoms with Crippen LogP contribution in [0.15, 0.2) is 64.5 Å². The SMILES string of the molecule is CCS(=O)(=O)c1cc(-c2ccc(OC(F)(F)F)cc2)cnc1-n1nc2ccc(C(F)(F)F)cn2c1=O. The van der Waals surface area contributed by atoms with Gasteiger partial charge in [0.15, 0.2) is 21.3 Å². The van der Waals surface area contributed by atoms with Gasteiger partial charge in [0.1, 0.15) is 10.6 Å². The van der Waals surface area contributed by atoms with Gasteiger partial charge < -0.3 is 4.74 Å². The zero-order valence-corrected chi connectivity index (χ0v) is 18.8. The fourth-order valence-corrected chi connectivity index (χ4v) is 4.30. The smallest absolute Gasteiger partial charge is 0.406 e. The Bertz CT molecular complexity index is 1610. The van der Waals surface area contributed by atoms with Crippen molar-refractivity contribution in [3.8, 4) is 22.7 Å². The molecule has 0 aliphatic rings. The van der Waals surface area contributed by atoms with Gasteiger partial charge in [-0.15, -0.1) is 18.3 Å². The molecule has 0 N–H and O–H groups in total. The monoisotopic (exact) mass is 532 g/mol. The van der Waals surface area contributed by atoms with Crippen LogP contribution in [0.4, 0.5) is 26.3 Å². The maximum Gasteiger partial charge on any atom is 0.573 e. The number of alkyl halides is 6. The van der Waals surface area contributed by atoms with Crippen LogP contribution in [0, 0.1) is 0 Å². The number of aromatic nitrogens is 4. The van der Waals surface area contributed by atoms with E-state index in [1.54, 1.807) is 0 Å². The molecule has 0 fully saturated rings. The summed E-state index contributed by atoms with van der Waals surface area (Å²) in [4.78, 5) is 16.4. The lowest BCUT2D eigenvalue weighted by molar-refractivity contribution is -0.274. The predicted molar refractivity (Wildman–Crippen MR) is 113 cm³/mol. The van der Waals surface area contributed by atoms with E-state index in [1.165, 1.54) is 19.1 Å². The van der Waals surface area contributed by atoms with Crippen molar-refractivity contribution < 1.29 is 39.5 Å². The summed E-state index contributed by atoms with van der Waals surface area (Å²) < 4.78 is 107. The Hall–Kier alpha value is -3.88. The molecule has 0 aliphatic carbocycles. The molecule has 0 bridgehead atoms. The zero-order chi connectivity index (χ0) is 26.5. The number of rotatable bonds is 5. The van der Waals surface area contributed by atoms with Crippen LogP contribution in [0.1, 0.15) is 12.5 Å². The van der Waals surface area contributed by atoms with Crippen LogP contribution in [-0.2, 0) is 16.0 Å². The Labute approximate surface area is 198 Å². The second-order valence-corrected chi connectivity index (χ2v) is 9.61. The predicted octanol–water partition coefficient (Wildman–Crippen LogP) is 4.26. The number of pyridine rings is 2. The molecule has 4 rings (SSSR count). The maximum absolute atomic E-state index is 13.1.